The number of thiazole rings is 1. The molecule has 0 bridgehead atoms. The Kier molecular flexibility index (Phi) is 6.05. The van der Waals surface area contributed by atoms with Crippen molar-refractivity contribution in [1.82, 2.24) is 4.98 Å². The Morgan fingerprint density at radius 1 is 1.15 bits per heavy atom. The third-order valence-electron chi connectivity index (χ3n) is 6.37. The van der Waals surface area contributed by atoms with E-state index in [0.717, 1.165) is 32.9 Å². The predicted octanol–water partition coefficient (Wildman–Crippen LogP) is 5.89. The van der Waals surface area contributed by atoms with Gasteiger partial charge in [-0.15, -0.1) is 0 Å². The zero-order valence-electron chi connectivity index (χ0n) is 18.6. The molecule has 7 nitrogen and oxygen atoms in total. The molecule has 1 saturated carbocycles. The number of furan rings is 1. The van der Waals surface area contributed by atoms with Gasteiger partial charge < -0.3 is 19.5 Å². The van der Waals surface area contributed by atoms with Crippen molar-refractivity contribution in [3.8, 4) is 28.5 Å². The number of aromatic nitrogens is 1. The Hall–Kier alpha value is -2.95. The van der Waals surface area contributed by atoms with E-state index in [0.29, 0.717) is 28.8 Å². The standard InChI is InChI=1S/C25H24N3O4PS/c1-15-5-2-3-7-20(15)27-25-28-21-8-4-6-19(24(21)34-25)17-11-16(14-26)12-18(13-17)22-9-10-23(32-22)33(29,30)31/h4,6,8-13,15,20H,2-3,5,7H2,1H3,(H,27,28)(H2,29,30,31)/t15-,20-/m0/s1. The summed E-state index contributed by atoms with van der Waals surface area (Å²) >= 11 is 1.61. The van der Waals surface area contributed by atoms with Gasteiger partial charge in [0.05, 0.1) is 21.8 Å². The molecule has 3 N–H and O–H groups in total. The second-order valence-corrected chi connectivity index (χ2v) is 11.3. The summed E-state index contributed by atoms with van der Waals surface area (Å²) in [6.45, 7) is 2.29. The molecule has 34 heavy (non-hydrogen) atoms. The van der Waals surface area contributed by atoms with E-state index < -0.39 is 13.1 Å². The lowest BCUT2D eigenvalue weighted by atomic mass is 9.86. The van der Waals surface area contributed by atoms with Crippen LogP contribution >= 0.6 is 18.9 Å². The molecule has 2 aromatic carbocycles. The second kappa shape index (κ2) is 9.01. The lowest BCUT2D eigenvalue weighted by Gasteiger charge is -2.29. The predicted molar refractivity (Wildman–Crippen MR) is 134 cm³/mol. The summed E-state index contributed by atoms with van der Waals surface area (Å²) in [5, 5.41) is 14.2. The van der Waals surface area contributed by atoms with Gasteiger partial charge in [-0.3, -0.25) is 4.57 Å². The fraction of sp³-hybridized carbons (Fsp3) is 0.280. The Labute approximate surface area is 201 Å². The van der Waals surface area contributed by atoms with Gasteiger partial charge in [-0.25, -0.2) is 4.98 Å². The van der Waals surface area contributed by atoms with E-state index in [-0.39, 0.29) is 0 Å². The van der Waals surface area contributed by atoms with Crippen LogP contribution in [0.1, 0.15) is 38.2 Å². The zero-order valence-corrected chi connectivity index (χ0v) is 20.3. The molecule has 0 radical (unpaired) electrons. The highest BCUT2D eigenvalue weighted by atomic mass is 32.1. The summed E-state index contributed by atoms with van der Waals surface area (Å²) in [7, 11) is -4.50. The first kappa shape index (κ1) is 22.8. The van der Waals surface area contributed by atoms with Crippen LogP contribution in [-0.4, -0.2) is 20.8 Å². The van der Waals surface area contributed by atoms with Gasteiger partial charge in [-0.1, -0.05) is 43.2 Å². The summed E-state index contributed by atoms with van der Waals surface area (Å²) < 4.78 is 18.0. The van der Waals surface area contributed by atoms with Gasteiger partial charge in [-0.05, 0) is 60.7 Å². The molecule has 0 saturated heterocycles. The monoisotopic (exact) mass is 493 g/mol. The third kappa shape index (κ3) is 4.53. The summed E-state index contributed by atoms with van der Waals surface area (Å²) in [5.41, 5.74) is 3.25. The first-order chi connectivity index (χ1) is 16.3. The number of fused-ring (bicyclic) bond motifs is 1. The number of anilines is 1. The van der Waals surface area contributed by atoms with E-state index in [9.17, 15) is 19.6 Å². The molecule has 0 unspecified atom stereocenters. The SMILES string of the molecule is C[C@H]1CCCC[C@@H]1Nc1nc2cccc(-c3cc(C#N)cc(-c4ccc(P(=O)(O)O)o4)c3)c2s1. The molecule has 4 aromatic rings. The quantitative estimate of drug-likeness (QED) is 0.297. The minimum Gasteiger partial charge on any atom is -0.448 e. The number of hydrogen-bond donors (Lipinski definition) is 3. The average Bonchev–Trinajstić information content (AvgIpc) is 3.47. The molecule has 2 aromatic heterocycles. The van der Waals surface area contributed by atoms with Crippen molar-refractivity contribution in [2.45, 2.75) is 38.6 Å². The molecule has 0 spiro atoms. The van der Waals surface area contributed by atoms with Crippen molar-refractivity contribution in [3.63, 3.8) is 0 Å². The smallest absolute Gasteiger partial charge is 0.391 e. The first-order valence-corrected chi connectivity index (χ1v) is 13.6. The van der Waals surface area contributed by atoms with Gasteiger partial charge in [0.15, 0.2) is 5.13 Å². The number of hydrogen-bond acceptors (Lipinski definition) is 6. The minimum atomic E-state index is -4.50. The Balaban J connectivity index is 1.55. The molecule has 0 aliphatic heterocycles. The molecular formula is C25H24N3O4PS. The molecule has 2 atom stereocenters. The molecule has 1 fully saturated rings. The van der Waals surface area contributed by atoms with Gasteiger partial charge in [0.1, 0.15) is 5.76 Å². The summed E-state index contributed by atoms with van der Waals surface area (Å²) in [4.78, 5) is 23.6. The van der Waals surface area contributed by atoms with Gasteiger partial charge in [0.25, 0.3) is 0 Å². The maximum absolute atomic E-state index is 11.5. The van der Waals surface area contributed by atoms with E-state index in [1.807, 2.05) is 24.3 Å². The van der Waals surface area contributed by atoms with Crippen LogP contribution in [0.4, 0.5) is 5.13 Å². The Morgan fingerprint density at radius 3 is 2.68 bits per heavy atom. The van der Waals surface area contributed by atoms with Crippen LogP contribution in [0.2, 0.25) is 0 Å². The number of nitrogens with zero attached hydrogens (tertiary/aromatic N) is 2. The van der Waals surface area contributed by atoms with Crippen molar-refractivity contribution in [2.75, 3.05) is 5.32 Å². The highest BCUT2D eigenvalue weighted by Crippen LogP contribution is 2.39. The van der Waals surface area contributed by atoms with E-state index >= 15 is 0 Å². The Bertz CT molecular complexity index is 1450. The maximum Gasteiger partial charge on any atom is 0.391 e. The van der Waals surface area contributed by atoms with Crippen LogP contribution in [-0.2, 0) is 4.57 Å². The maximum atomic E-state index is 11.5. The minimum absolute atomic E-state index is 0.293. The lowest BCUT2D eigenvalue weighted by molar-refractivity contribution is 0.349. The van der Waals surface area contributed by atoms with Crippen molar-refractivity contribution in [3.05, 3.63) is 54.1 Å². The zero-order chi connectivity index (χ0) is 23.9. The van der Waals surface area contributed by atoms with E-state index in [1.54, 1.807) is 23.5 Å². The molecule has 0 amide bonds. The first-order valence-electron chi connectivity index (χ1n) is 11.2. The molecule has 174 valence electrons. The van der Waals surface area contributed by atoms with Crippen LogP contribution in [0, 0.1) is 17.2 Å². The van der Waals surface area contributed by atoms with E-state index in [4.69, 9.17) is 9.40 Å². The largest absolute Gasteiger partial charge is 0.448 e. The molecular weight excluding hydrogens is 469 g/mol. The summed E-state index contributed by atoms with van der Waals surface area (Å²) in [6, 6.07) is 16.6. The van der Waals surface area contributed by atoms with Crippen molar-refractivity contribution in [2.24, 2.45) is 5.92 Å². The number of nitriles is 1. The molecule has 9 heteroatoms. The van der Waals surface area contributed by atoms with Crippen molar-refractivity contribution in [1.29, 1.82) is 5.26 Å². The van der Waals surface area contributed by atoms with E-state index in [2.05, 4.69) is 18.3 Å². The molecule has 5 rings (SSSR count). The van der Waals surface area contributed by atoms with Crippen LogP contribution in [0.15, 0.2) is 52.9 Å². The highest BCUT2D eigenvalue weighted by molar-refractivity contribution is 7.59. The van der Waals surface area contributed by atoms with Gasteiger partial charge in [0, 0.05) is 17.2 Å². The highest BCUT2D eigenvalue weighted by Gasteiger charge is 2.24. The summed E-state index contributed by atoms with van der Waals surface area (Å²) in [6.07, 6.45) is 4.90. The summed E-state index contributed by atoms with van der Waals surface area (Å²) in [5.74, 6) is 0.906. The number of benzene rings is 2. The molecule has 1 aliphatic carbocycles. The van der Waals surface area contributed by atoms with Crippen molar-refractivity contribution < 1.29 is 18.8 Å². The average molecular weight is 494 g/mol. The van der Waals surface area contributed by atoms with Gasteiger partial charge in [0.2, 0.25) is 5.50 Å². The normalized spacial score (nSPS) is 18.6. The Morgan fingerprint density at radius 2 is 1.94 bits per heavy atom. The molecule has 2 heterocycles. The van der Waals surface area contributed by atoms with E-state index in [1.165, 1.54) is 31.4 Å². The number of nitrogens with one attached hydrogen (secondary N) is 1. The second-order valence-electron chi connectivity index (χ2n) is 8.78. The van der Waals surface area contributed by atoms with Crippen LogP contribution in [0.25, 0.3) is 32.7 Å². The fourth-order valence-electron chi connectivity index (χ4n) is 4.56. The number of rotatable bonds is 5. The van der Waals surface area contributed by atoms with Crippen LogP contribution in [0.5, 0.6) is 0 Å². The van der Waals surface area contributed by atoms with Crippen LogP contribution in [0.3, 0.4) is 0 Å². The lowest BCUT2D eigenvalue weighted by Crippen LogP contribution is -2.30. The van der Waals surface area contributed by atoms with Gasteiger partial charge >= 0.3 is 7.60 Å². The fourth-order valence-corrected chi connectivity index (χ4v) is 6.10. The van der Waals surface area contributed by atoms with Crippen molar-refractivity contribution >= 4 is 39.8 Å². The van der Waals surface area contributed by atoms with Crippen LogP contribution < -0.4 is 10.8 Å². The van der Waals surface area contributed by atoms with Gasteiger partial charge in [-0.2, -0.15) is 5.26 Å². The third-order valence-corrected chi connectivity index (χ3v) is 8.22. The molecule has 1 aliphatic rings. The topological polar surface area (TPSA) is 119 Å².